The largest absolute Gasteiger partial charge is 0.462 e. The minimum absolute atomic E-state index is 0.294. The zero-order valence-corrected chi connectivity index (χ0v) is 12.0. The van der Waals surface area contributed by atoms with Gasteiger partial charge in [-0.2, -0.15) is 0 Å². The summed E-state index contributed by atoms with van der Waals surface area (Å²) in [5, 5.41) is 11.8. The van der Waals surface area contributed by atoms with Gasteiger partial charge in [-0.05, 0) is 45.0 Å². The fraction of sp³-hybridized carbons (Fsp3) is 0.500. The van der Waals surface area contributed by atoms with Crippen molar-refractivity contribution < 1.29 is 9.52 Å². The van der Waals surface area contributed by atoms with Crippen LogP contribution in [-0.4, -0.2) is 35.2 Å². The second-order valence-corrected chi connectivity index (χ2v) is 5.50. The average molecular weight is 280 g/mol. The lowest BCUT2D eigenvalue weighted by Crippen LogP contribution is -2.19. The van der Waals surface area contributed by atoms with Crippen LogP contribution in [0.4, 0.5) is 0 Å². The molecule has 0 fully saturated rings. The van der Waals surface area contributed by atoms with Crippen LogP contribution in [0.3, 0.4) is 0 Å². The normalized spacial score (nSPS) is 11.3. The summed E-state index contributed by atoms with van der Waals surface area (Å²) in [4.78, 5) is 6.84. The van der Waals surface area contributed by atoms with Crippen LogP contribution in [0.2, 0.25) is 0 Å². The van der Waals surface area contributed by atoms with E-state index in [1.165, 1.54) is 0 Å². The summed E-state index contributed by atoms with van der Waals surface area (Å²) in [5.41, 5.74) is 1.08. The van der Waals surface area contributed by atoms with Crippen molar-refractivity contribution in [1.82, 2.24) is 9.88 Å². The number of unbranched alkanes of at least 4 members (excludes halogenated alkanes) is 2. The molecule has 0 unspecified atom stereocenters. The number of hydrogen-bond acceptors (Lipinski definition) is 5. The second-order valence-electron chi connectivity index (χ2n) is 4.64. The van der Waals surface area contributed by atoms with Crippen molar-refractivity contribution in [3.63, 3.8) is 0 Å². The van der Waals surface area contributed by atoms with E-state index in [1.807, 2.05) is 12.1 Å². The Morgan fingerprint density at radius 3 is 3.00 bits per heavy atom. The molecule has 0 radical (unpaired) electrons. The van der Waals surface area contributed by atoms with Gasteiger partial charge in [0.1, 0.15) is 0 Å². The van der Waals surface area contributed by atoms with Gasteiger partial charge in [-0.1, -0.05) is 0 Å². The van der Waals surface area contributed by atoms with Gasteiger partial charge in [0.2, 0.25) is 0 Å². The smallest absolute Gasteiger partial charge is 0.162 e. The molecule has 4 nitrogen and oxygen atoms in total. The first-order chi connectivity index (χ1) is 9.29. The summed E-state index contributed by atoms with van der Waals surface area (Å²) in [6.45, 7) is 2.19. The lowest BCUT2D eigenvalue weighted by molar-refractivity contribution is 0.270. The zero-order chi connectivity index (χ0) is 13.5. The fourth-order valence-electron chi connectivity index (χ4n) is 1.92. The molecule has 0 spiro atoms. The Kier molecular flexibility index (Phi) is 5.57. The van der Waals surface area contributed by atoms with Crippen molar-refractivity contribution in [1.29, 1.82) is 0 Å². The molecule has 2 rings (SSSR count). The number of thiazole rings is 1. The number of aliphatic hydroxyl groups is 1. The van der Waals surface area contributed by atoms with Crippen LogP contribution in [0.5, 0.6) is 0 Å². The monoisotopic (exact) mass is 280 g/mol. The number of rotatable bonds is 8. The first-order valence-corrected chi connectivity index (χ1v) is 7.45. The van der Waals surface area contributed by atoms with Crippen molar-refractivity contribution in [3.8, 4) is 10.8 Å². The summed E-state index contributed by atoms with van der Waals surface area (Å²) >= 11 is 1.62. The number of aromatic nitrogens is 1. The highest BCUT2D eigenvalue weighted by Crippen LogP contribution is 2.24. The molecule has 0 saturated carbocycles. The zero-order valence-electron chi connectivity index (χ0n) is 11.2. The van der Waals surface area contributed by atoms with Crippen LogP contribution in [0, 0.1) is 0 Å². The maximum Gasteiger partial charge on any atom is 0.162 e. The Hall–Kier alpha value is -1.17. The van der Waals surface area contributed by atoms with E-state index in [0.717, 1.165) is 48.8 Å². The van der Waals surface area contributed by atoms with Crippen LogP contribution in [0.25, 0.3) is 10.8 Å². The van der Waals surface area contributed by atoms with E-state index in [1.54, 1.807) is 17.6 Å². The summed E-state index contributed by atoms with van der Waals surface area (Å²) in [7, 11) is 2.10. The van der Waals surface area contributed by atoms with Gasteiger partial charge in [-0.3, -0.25) is 0 Å². The molecular formula is C14H20N2O2S. The van der Waals surface area contributed by atoms with Crippen LogP contribution in [0.1, 0.15) is 25.0 Å². The highest BCUT2D eigenvalue weighted by Gasteiger charge is 2.08. The Morgan fingerprint density at radius 1 is 1.37 bits per heavy atom. The predicted octanol–water partition coefficient (Wildman–Crippen LogP) is 3.00. The van der Waals surface area contributed by atoms with E-state index < -0.39 is 0 Å². The highest BCUT2D eigenvalue weighted by molar-refractivity contribution is 7.13. The van der Waals surface area contributed by atoms with E-state index in [4.69, 9.17) is 9.52 Å². The molecule has 2 aromatic heterocycles. The number of hydrogen-bond donors (Lipinski definition) is 1. The molecule has 0 atom stereocenters. The van der Waals surface area contributed by atoms with Gasteiger partial charge < -0.3 is 14.4 Å². The third-order valence-corrected chi connectivity index (χ3v) is 3.82. The van der Waals surface area contributed by atoms with Gasteiger partial charge in [0.15, 0.2) is 10.8 Å². The molecule has 104 valence electrons. The first kappa shape index (κ1) is 14.2. The minimum atomic E-state index is 0.294. The molecule has 19 heavy (non-hydrogen) atoms. The highest BCUT2D eigenvalue weighted by atomic mass is 32.1. The lowest BCUT2D eigenvalue weighted by atomic mass is 10.2. The van der Waals surface area contributed by atoms with Crippen molar-refractivity contribution in [3.05, 3.63) is 29.5 Å². The fourth-order valence-corrected chi connectivity index (χ4v) is 2.70. The molecule has 0 amide bonds. The summed E-state index contributed by atoms with van der Waals surface area (Å²) in [6.07, 6.45) is 4.76. The van der Waals surface area contributed by atoms with E-state index in [-0.39, 0.29) is 0 Å². The Morgan fingerprint density at radius 2 is 2.26 bits per heavy atom. The quantitative estimate of drug-likeness (QED) is 0.755. The minimum Gasteiger partial charge on any atom is -0.462 e. The second kappa shape index (κ2) is 7.43. The third kappa shape index (κ3) is 4.45. The Bertz CT molecular complexity index is 468. The molecule has 0 aliphatic rings. The SMILES string of the molecule is CN(CCCCCO)Cc1csc(-c2ccco2)n1. The summed E-state index contributed by atoms with van der Waals surface area (Å²) in [6, 6.07) is 3.81. The van der Waals surface area contributed by atoms with Crippen LogP contribution in [0.15, 0.2) is 28.2 Å². The maximum atomic E-state index is 8.73. The van der Waals surface area contributed by atoms with Gasteiger partial charge >= 0.3 is 0 Å². The van der Waals surface area contributed by atoms with Crippen molar-refractivity contribution in [2.75, 3.05) is 20.2 Å². The molecule has 1 N–H and O–H groups in total. The predicted molar refractivity (Wildman–Crippen MR) is 77.1 cm³/mol. The molecular weight excluding hydrogens is 260 g/mol. The number of aliphatic hydroxyl groups excluding tert-OH is 1. The van der Waals surface area contributed by atoms with E-state index >= 15 is 0 Å². The van der Waals surface area contributed by atoms with E-state index in [2.05, 4.69) is 22.3 Å². The van der Waals surface area contributed by atoms with Crippen LogP contribution < -0.4 is 0 Å². The topological polar surface area (TPSA) is 49.5 Å². The molecule has 0 aliphatic carbocycles. The van der Waals surface area contributed by atoms with Crippen molar-refractivity contribution >= 4 is 11.3 Å². The van der Waals surface area contributed by atoms with Crippen LogP contribution >= 0.6 is 11.3 Å². The Labute approximate surface area is 117 Å². The lowest BCUT2D eigenvalue weighted by Gasteiger charge is -2.14. The molecule has 0 aliphatic heterocycles. The van der Waals surface area contributed by atoms with Crippen molar-refractivity contribution in [2.24, 2.45) is 0 Å². The summed E-state index contributed by atoms with van der Waals surface area (Å²) < 4.78 is 5.34. The molecule has 2 aromatic rings. The van der Waals surface area contributed by atoms with Crippen molar-refractivity contribution in [2.45, 2.75) is 25.8 Å². The molecule has 5 heteroatoms. The molecule has 0 bridgehead atoms. The molecule has 0 saturated heterocycles. The first-order valence-electron chi connectivity index (χ1n) is 6.57. The van der Waals surface area contributed by atoms with Gasteiger partial charge in [0.05, 0.1) is 12.0 Å². The number of furan rings is 1. The summed E-state index contributed by atoms with van der Waals surface area (Å²) in [5.74, 6) is 0.835. The van der Waals surface area contributed by atoms with Gasteiger partial charge in [0.25, 0.3) is 0 Å². The number of nitrogens with zero attached hydrogens (tertiary/aromatic N) is 2. The van der Waals surface area contributed by atoms with Gasteiger partial charge in [-0.25, -0.2) is 4.98 Å². The average Bonchev–Trinajstić information content (AvgIpc) is 3.04. The van der Waals surface area contributed by atoms with Crippen LogP contribution in [-0.2, 0) is 6.54 Å². The van der Waals surface area contributed by atoms with E-state index in [9.17, 15) is 0 Å². The molecule has 0 aromatic carbocycles. The standard InChI is InChI=1S/C14H20N2O2S/c1-16(7-3-2-4-8-17)10-12-11-19-14(15-12)13-6-5-9-18-13/h5-6,9,11,17H,2-4,7-8,10H2,1H3. The molecule has 2 heterocycles. The van der Waals surface area contributed by atoms with Gasteiger partial charge in [-0.15, -0.1) is 11.3 Å². The van der Waals surface area contributed by atoms with E-state index in [0.29, 0.717) is 6.61 Å². The van der Waals surface area contributed by atoms with Gasteiger partial charge in [0, 0.05) is 18.5 Å². The maximum absolute atomic E-state index is 8.73. The third-order valence-electron chi connectivity index (χ3n) is 2.91. The Balaban J connectivity index is 1.79.